The molecular formula is C12H19N3O2. The molecule has 1 amide bonds. The van der Waals surface area contributed by atoms with Gasteiger partial charge >= 0.3 is 0 Å². The molecule has 0 aliphatic heterocycles. The third-order valence-corrected chi connectivity index (χ3v) is 2.14. The molecule has 0 aromatic carbocycles. The van der Waals surface area contributed by atoms with Crippen molar-refractivity contribution in [2.45, 2.75) is 13.8 Å². The van der Waals surface area contributed by atoms with E-state index in [0.29, 0.717) is 25.3 Å². The van der Waals surface area contributed by atoms with E-state index < -0.39 is 0 Å². The van der Waals surface area contributed by atoms with Gasteiger partial charge in [-0.1, -0.05) is 12.2 Å². The molecular weight excluding hydrogens is 218 g/mol. The molecule has 17 heavy (non-hydrogen) atoms. The standard InChI is InChI=1S/C12H19N3O2/c1-9(2)8-17-6-5-13-12(16)11-7-15(4)14-10(11)3/h7H,1,5-6,8H2,2-4H3,(H,13,16). The molecule has 0 aliphatic rings. The van der Waals surface area contributed by atoms with E-state index in [1.807, 2.05) is 13.8 Å². The van der Waals surface area contributed by atoms with Crippen molar-refractivity contribution in [2.75, 3.05) is 19.8 Å². The molecule has 5 nitrogen and oxygen atoms in total. The Labute approximate surface area is 101 Å². The van der Waals surface area contributed by atoms with Crippen LogP contribution in [0.1, 0.15) is 23.0 Å². The third-order valence-electron chi connectivity index (χ3n) is 2.14. The summed E-state index contributed by atoms with van der Waals surface area (Å²) in [6, 6.07) is 0. The lowest BCUT2D eigenvalue weighted by molar-refractivity contribution is 0.0926. The quantitative estimate of drug-likeness (QED) is 0.594. The summed E-state index contributed by atoms with van der Waals surface area (Å²) in [5.41, 5.74) is 2.31. The molecule has 94 valence electrons. The summed E-state index contributed by atoms with van der Waals surface area (Å²) in [5.74, 6) is -0.116. The lowest BCUT2D eigenvalue weighted by atomic mass is 10.2. The highest BCUT2D eigenvalue weighted by Crippen LogP contribution is 2.03. The lowest BCUT2D eigenvalue weighted by Gasteiger charge is -2.05. The maximum Gasteiger partial charge on any atom is 0.254 e. The normalized spacial score (nSPS) is 10.3. The van der Waals surface area contributed by atoms with Crippen LogP contribution in [0.15, 0.2) is 18.3 Å². The van der Waals surface area contributed by atoms with E-state index in [2.05, 4.69) is 17.0 Å². The van der Waals surface area contributed by atoms with Gasteiger partial charge in [-0.05, 0) is 13.8 Å². The Kier molecular flexibility index (Phi) is 4.90. The van der Waals surface area contributed by atoms with E-state index in [4.69, 9.17) is 4.74 Å². The van der Waals surface area contributed by atoms with Crippen molar-refractivity contribution in [1.29, 1.82) is 0 Å². The third kappa shape index (κ3) is 4.40. The first-order valence-corrected chi connectivity index (χ1v) is 5.51. The van der Waals surface area contributed by atoms with Crippen LogP contribution >= 0.6 is 0 Å². The average Bonchev–Trinajstić information content (AvgIpc) is 2.56. The molecule has 1 aromatic rings. The number of nitrogens with zero attached hydrogens (tertiary/aromatic N) is 2. The van der Waals surface area contributed by atoms with Gasteiger partial charge in [-0.3, -0.25) is 9.48 Å². The van der Waals surface area contributed by atoms with Crippen molar-refractivity contribution in [3.63, 3.8) is 0 Å². The minimum Gasteiger partial charge on any atom is -0.375 e. The SMILES string of the molecule is C=C(C)COCCNC(=O)c1cn(C)nc1C. The van der Waals surface area contributed by atoms with Gasteiger partial charge in [-0.15, -0.1) is 0 Å². The molecule has 1 N–H and O–H groups in total. The number of amides is 1. The van der Waals surface area contributed by atoms with Crippen molar-refractivity contribution in [1.82, 2.24) is 15.1 Å². The van der Waals surface area contributed by atoms with Gasteiger partial charge in [0.15, 0.2) is 0 Å². The molecule has 0 spiro atoms. The summed E-state index contributed by atoms with van der Waals surface area (Å²) >= 11 is 0. The Balaban J connectivity index is 2.30. The van der Waals surface area contributed by atoms with Crippen molar-refractivity contribution in [3.8, 4) is 0 Å². The van der Waals surface area contributed by atoms with E-state index in [1.54, 1.807) is 17.9 Å². The second-order valence-corrected chi connectivity index (χ2v) is 4.07. The Hall–Kier alpha value is -1.62. The van der Waals surface area contributed by atoms with Gasteiger partial charge in [-0.2, -0.15) is 5.10 Å². The number of aromatic nitrogens is 2. The number of aryl methyl sites for hydroxylation is 2. The van der Waals surface area contributed by atoms with Gasteiger partial charge in [0.1, 0.15) is 0 Å². The highest BCUT2D eigenvalue weighted by molar-refractivity contribution is 5.94. The first-order chi connectivity index (χ1) is 8.00. The second kappa shape index (κ2) is 6.20. The van der Waals surface area contributed by atoms with E-state index in [9.17, 15) is 4.79 Å². The van der Waals surface area contributed by atoms with Crippen molar-refractivity contribution < 1.29 is 9.53 Å². The maximum atomic E-state index is 11.7. The zero-order valence-corrected chi connectivity index (χ0v) is 10.6. The van der Waals surface area contributed by atoms with Crippen LogP contribution in [0.4, 0.5) is 0 Å². The monoisotopic (exact) mass is 237 g/mol. The first-order valence-electron chi connectivity index (χ1n) is 5.51. The van der Waals surface area contributed by atoms with Crippen LogP contribution < -0.4 is 5.32 Å². The molecule has 5 heteroatoms. The molecule has 1 rings (SSSR count). The molecule has 1 aromatic heterocycles. The van der Waals surface area contributed by atoms with Crippen LogP contribution in [-0.4, -0.2) is 35.4 Å². The fourth-order valence-corrected chi connectivity index (χ4v) is 1.40. The number of carbonyl (C=O) groups is 1. The number of hydrogen-bond donors (Lipinski definition) is 1. The number of rotatable bonds is 6. The van der Waals surface area contributed by atoms with Crippen LogP contribution in [0.25, 0.3) is 0 Å². The topological polar surface area (TPSA) is 56.1 Å². The summed E-state index contributed by atoms with van der Waals surface area (Å²) in [7, 11) is 1.79. The predicted molar refractivity (Wildman–Crippen MR) is 65.9 cm³/mol. The zero-order chi connectivity index (χ0) is 12.8. The summed E-state index contributed by atoms with van der Waals surface area (Å²) in [4.78, 5) is 11.7. The molecule has 0 saturated heterocycles. The maximum absolute atomic E-state index is 11.7. The molecule has 0 radical (unpaired) electrons. The average molecular weight is 237 g/mol. The molecule has 0 saturated carbocycles. The van der Waals surface area contributed by atoms with E-state index in [1.165, 1.54) is 0 Å². The van der Waals surface area contributed by atoms with Gasteiger partial charge in [-0.25, -0.2) is 0 Å². The van der Waals surface area contributed by atoms with E-state index in [0.717, 1.165) is 11.3 Å². The Morgan fingerprint density at radius 3 is 2.88 bits per heavy atom. The Morgan fingerprint density at radius 2 is 2.35 bits per heavy atom. The van der Waals surface area contributed by atoms with Gasteiger partial charge in [0.2, 0.25) is 0 Å². The van der Waals surface area contributed by atoms with E-state index in [-0.39, 0.29) is 5.91 Å². The van der Waals surface area contributed by atoms with Crippen molar-refractivity contribution >= 4 is 5.91 Å². The number of carbonyl (C=O) groups excluding carboxylic acids is 1. The van der Waals surface area contributed by atoms with Gasteiger partial charge in [0.05, 0.1) is 24.5 Å². The van der Waals surface area contributed by atoms with Crippen LogP contribution in [-0.2, 0) is 11.8 Å². The Morgan fingerprint density at radius 1 is 1.65 bits per heavy atom. The summed E-state index contributed by atoms with van der Waals surface area (Å²) in [6.07, 6.45) is 1.71. The van der Waals surface area contributed by atoms with Crippen molar-refractivity contribution in [3.05, 3.63) is 29.6 Å². The van der Waals surface area contributed by atoms with Gasteiger partial charge in [0, 0.05) is 19.8 Å². The summed E-state index contributed by atoms with van der Waals surface area (Å²) < 4.78 is 6.91. The fraction of sp³-hybridized carbons (Fsp3) is 0.500. The lowest BCUT2D eigenvalue weighted by Crippen LogP contribution is -2.27. The zero-order valence-electron chi connectivity index (χ0n) is 10.6. The first kappa shape index (κ1) is 13.4. The van der Waals surface area contributed by atoms with Gasteiger partial charge in [0.25, 0.3) is 5.91 Å². The number of ether oxygens (including phenoxy) is 1. The smallest absolute Gasteiger partial charge is 0.254 e. The molecule has 0 fully saturated rings. The van der Waals surface area contributed by atoms with Crippen LogP contribution in [0.5, 0.6) is 0 Å². The molecule has 0 bridgehead atoms. The number of hydrogen-bond acceptors (Lipinski definition) is 3. The molecule has 0 aliphatic carbocycles. The highest BCUT2D eigenvalue weighted by Gasteiger charge is 2.11. The van der Waals surface area contributed by atoms with E-state index >= 15 is 0 Å². The predicted octanol–water partition coefficient (Wildman–Crippen LogP) is 1.05. The van der Waals surface area contributed by atoms with Crippen molar-refractivity contribution in [2.24, 2.45) is 7.05 Å². The fourth-order valence-electron chi connectivity index (χ4n) is 1.40. The van der Waals surface area contributed by atoms with Crippen LogP contribution in [0.3, 0.4) is 0 Å². The summed E-state index contributed by atoms with van der Waals surface area (Å²) in [6.45, 7) is 8.94. The van der Waals surface area contributed by atoms with Crippen LogP contribution in [0.2, 0.25) is 0 Å². The molecule has 0 atom stereocenters. The summed E-state index contributed by atoms with van der Waals surface area (Å²) in [5, 5.41) is 6.89. The Bertz CT molecular complexity index is 410. The van der Waals surface area contributed by atoms with Crippen LogP contribution in [0, 0.1) is 6.92 Å². The minimum atomic E-state index is -0.116. The highest BCUT2D eigenvalue weighted by atomic mass is 16.5. The molecule has 0 unspecified atom stereocenters. The van der Waals surface area contributed by atoms with Gasteiger partial charge < -0.3 is 10.1 Å². The number of nitrogens with one attached hydrogen (secondary N) is 1. The molecule has 1 heterocycles. The minimum absolute atomic E-state index is 0.116. The largest absolute Gasteiger partial charge is 0.375 e. The second-order valence-electron chi connectivity index (χ2n) is 4.07.